The Bertz CT molecular complexity index is 549. The molecule has 0 aromatic heterocycles. The number of fused-ring (bicyclic) bond motifs is 2. The third kappa shape index (κ3) is 3.75. The number of carbonyl (C=O) groups excluding carboxylic acids is 1. The summed E-state index contributed by atoms with van der Waals surface area (Å²) in [5, 5.41) is 0.138. The number of hydrogen-bond acceptors (Lipinski definition) is 5. The van der Waals surface area contributed by atoms with E-state index in [0.717, 1.165) is 25.7 Å². The predicted molar refractivity (Wildman–Crippen MR) is 107 cm³/mol. The first-order chi connectivity index (χ1) is 12.5. The van der Waals surface area contributed by atoms with Crippen molar-refractivity contribution >= 4 is 14.3 Å². The summed E-state index contributed by atoms with van der Waals surface area (Å²) in [7, 11) is -0.447. The molecule has 5 atom stereocenters. The van der Waals surface area contributed by atoms with Gasteiger partial charge in [-0.05, 0) is 36.9 Å². The van der Waals surface area contributed by atoms with Crippen molar-refractivity contribution in [1.82, 2.24) is 0 Å². The molecule has 2 aliphatic carbocycles. The van der Waals surface area contributed by atoms with Crippen molar-refractivity contribution in [2.45, 2.75) is 83.4 Å². The summed E-state index contributed by atoms with van der Waals surface area (Å²) < 4.78 is 24.6. The van der Waals surface area contributed by atoms with Crippen LogP contribution in [0.4, 0.5) is 0 Å². The van der Waals surface area contributed by atoms with Crippen LogP contribution in [0.25, 0.3) is 0 Å². The predicted octanol–water partition coefficient (Wildman–Crippen LogP) is 4.37. The minimum Gasteiger partial charge on any atom is -0.469 e. The van der Waals surface area contributed by atoms with Crippen LogP contribution in [0.1, 0.15) is 53.4 Å². The van der Waals surface area contributed by atoms with Gasteiger partial charge < -0.3 is 18.6 Å². The van der Waals surface area contributed by atoms with Crippen LogP contribution in [0.3, 0.4) is 0 Å². The molecule has 1 heterocycles. The zero-order chi connectivity index (χ0) is 20.0. The standard InChI is InChI=1S/C21H38O5Si/c1-14-13-21(24-11-12-25-21)15-9-8-10-16(18(15)17(14)19(22)23-5)26-27(6,7)20(2,3)4/h14-18H,8-13H2,1-7H3/t14-,15-,16+,17+,18+/m0/s1. The van der Waals surface area contributed by atoms with Gasteiger partial charge in [0.15, 0.2) is 14.1 Å². The molecule has 3 fully saturated rings. The molecule has 1 saturated heterocycles. The number of methoxy groups -OCH3 is 1. The molecule has 5 nitrogen and oxygen atoms in total. The van der Waals surface area contributed by atoms with Crippen molar-refractivity contribution < 1.29 is 23.4 Å². The van der Waals surface area contributed by atoms with Crippen LogP contribution in [0.2, 0.25) is 18.1 Å². The maximum Gasteiger partial charge on any atom is 0.309 e. The lowest BCUT2D eigenvalue weighted by Crippen LogP contribution is -2.60. The van der Waals surface area contributed by atoms with Crippen LogP contribution in [-0.2, 0) is 23.4 Å². The van der Waals surface area contributed by atoms with Gasteiger partial charge in [0, 0.05) is 24.4 Å². The Labute approximate surface area is 165 Å². The number of esters is 1. The first-order valence-electron chi connectivity index (χ1n) is 10.6. The molecule has 3 rings (SSSR count). The zero-order valence-corrected chi connectivity index (χ0v) is 19.2. The largest absolute Gasteiger partial charge is 0.469 e. The molecular weight excluding hydrogens is 360 g/mol. The smallest absolute Gasteiger partial charge is 0.309 e. The minimum absolute atomic E-state index is 0.0705. The molecule has 0 radical (unpaired) electrons. The Morgan fingerprint density at radius 3 is 2.33 bits per heavy atom. The molecule has 0 amide bonds. The lowest BCUT2D eigenvalue weighted by molar-refractivity contribution is -0.263. The highest BCUT2D eigenvalue weighted by atomic mass is 28.4. The third-order valence-corrected chi connectivity index (χ3v) is 12.1. The Hall–Kier alpha value is -0.433. The summed E-state index contributed by atoms with van der Waals surface area (Å²) in [5.74, 6) is -0.333. The summed E-state index contributed by atoms with van der Waals surface area (Å²) in [6.07, 6.45) is 3.96. The van der Waals surface area contributed by atoms with Crippen LogP contribution >= 0.6 is 0 Å². The Morgan fingerprint density at radius 1 is 1.15 bits per heavy atom. The van der Waals surface area contributed by atoms with E-state index in [4.69, 9.17) is 18.6 Å². The third-order valence-electron chi connectivity index (χ3n) is 7.60. The molecule has 0 aromatic rings. The van der Waals surface area contributed by atoms with Gasteiger partial charge in [-0.15, -0.1) is 0 Å². The fourth-order valence-electron chi connectivity index (χ4n) is 5.30. The molecule has 0 aromatic carbocycles. The number of rotatable bonds is 3. The van der Waals surface area contributed by atoms with Crippen molar-refractivity contribution in [3.63, 3.8) is 0 Å². The second kappa shape index (κ2) is 7.43. The average molecular weight is 399 g/mol. The minimum atomic E-state index is -1.95. The fraction of sp³-hybridized carbons (Fsp3) is 0.952. The molecule has 156 valence electrons. The second-order valence-electron chi connectivity index (χ2n) is 10.3. The van der Waals surface area contributed by atoms with Crippen LogP contribution in [0.5, 0.6) is 0 Å². The highest BCUT2D eigenvalue weighted by molar-refractivity contribution is 6.74. The Morgan fingerprint density at radius 2 is 1.78 bits per heavy atom. The van der Waals surface area contributed by atoms with Crippen molar-refractivity contribution in [1.29, 1.82) is 0 Å². The zero-order valence-electron chi connectivity index (χ0n) is 18.2. The normalized spacial score (nSPS) is 36.5. The van der Waals surface area contributed by atoms with Crippen LogP contribution in [-0.4, -0.2) is 46.5 Å². The highest BCUT2D eigenvalue weighted by Crippen LogP contribution is 2.56. The summed E-state index contributed by atoms with van der Waals surface area (Å²) in [6, 6.07) is 0. The maximum absolute atomic E-state index is 12.8. The monoisotopic (exact) mass is 398 g/mol. The number of ether oxygens (including phenoxy) is 3. The molecule has 0 bridgehead atoms. The van der Waals surface area contributed by atoms with E-state index in [2.05, 4.69) is 40.8 Å². The van der Waals surface area contributed by atoms with Gasteiger partial charge in [-0.1, -0.05) is 34.1 Å². The fourth-order valence-corrected chi connectivity index (χ4v) is 6.69. The Balaban J connectivity index is 1.96. The molecule has 1 aliphatic heterocycles. The van der Waals surface area contributed by atoms with Crippen LogP contribution in [0, 0.1) is 23.7 Å². The summed E-state index contributed by atoms with van der Waals surface area (Å²) >= 11 is 0. The van der Waals surface area contributed by atoms with E-state index in [1.54, 1.807) is 0 Å². The van der Waals surface area contributed by atoms with Gasteiger partial charge in [0.25, 0.3) is 0 Å². The van der Waals surface area contributed by atoms with Crippen LogP contribution < -0.4 is 0 Å². The SMILES string of the molecule is COC(=O)[C@H]1[C@H]2[C@H](O[Si](C)(C)C(C)(C)C)CCC[C@@H]2C2(C[C@@H]1C)OCCO2. The van der Waals surface area contributed by atoms with E-state index >= 15 is 0 Å². The lowest BCUT2D eigenvalue weighted by Gasteiger charge is -2.55. The first kappa shape index (κ1) is 21.3. The van der Waals surface area contributed by atoms with E-state index in [0.29, 0.717) is 13.2 Å². The summed E-state index contributed by atoms with van der Waals surface area (Å²) in [5.41, 5.74) is 0. The molecule has 0 unspecified atom stereocenters. The molecule has 1 spiro atoms. The molecular formula is C21H38O5Si. The quantitative estimate of drug-likeness (QED) is 0.522. The van der Waals surface area contributed by atoms with Gasteiger partial charge in [-0.2, -0.15) is 0 Å². The first-order valence-corrected chi connectivity index (χ1v) is 13.5. The molecule has 27 heavy (non-hydrogen) atoms. The second-order valence-corrected chi connectivity index (χ2v) is 15.0. The summed E-state index contributed by atoms with van der Waals surface area (Å²) in [4.78, 5) is 12.8. The van der Waals surface area contributed by atoms with E-state index < -0.39 is 14.1 Å². The highest BCUT2D eigenvalue weighted by Gasteiger charge is 2.61. The lowest BCUT2D eigenvalue weighted by atomic mass is 9.58. The van der Waals surface area contributed by atoms with Crippen molar-refractivity contribution in [3.05, 3.63) is 0 Å². The van der Waals surface area contributed by atoms with E-state index in [9.17, 15) is 4.79 Å². The molecule has 2 saturated carbocycles. The van der Waals surface area contributed by atoms with Gasteiger partial charge >= 0.3 is 5.97 Å². The van der Waals surface area contributed by atoms with Crippen molar-refractivity contribution in [2.24, 2.45) is 23.7 Å². The van der Waals surface area contributed by atoms with Gasteiger partial charge in [0.2, 0.25) is 0 Å². The van der Waals surface area contributed by atoms with Crippen molar-refractivity contribution in [3.8, 4) is 0 Å². The van der Waals surface area contributed by atoms with Gasteiger partial charge in [0.05, 0.1) is 26.2 Å². The topological polar surface area (TPSA) is 54.0 Å². The molecule has 0 N–H and O–H groups in total. The van der Waals surface area contributed by atoms with Gasteiger partial charge in [-0.25, -0.2) is 0 Å². The average Bonchev–Trinajstić information content (AvgIpc) is 3.03. The van der Waals surface area contributed by atoms with E-state index in [-0.39, 0.29) is 40.8 Å². The van der Waals surface area contributed by atoms with Gasteiger partial charge in [0.1, 0.15) is 0 Å². The number of hydrogen-bond donors (Lipinski definition) is 0. The maximum atomic E-state index is 12.8. The van der Waals surface area contributed by atoms with E-state index in [1.807, 2.05) is 0 Å². The van der Waals surface area contributed by atoms with Crippen LogP contribution in [0.15, 0.2) is 0 Å². The summed E-state index contributed by atoms with van der Waals surface area (Å²) in [6.45, 7) is 14.8. The molecule has 6 heteroatoms. The molecule has 3 aliphatic rings. The van der Waals surface area contributed by atoms with E-state index in [1.165, 1.54) is 7.11 Å². The van der Waals surface area contributed by atoms with Crippen molar-refractivity contribution in [2.75, 3.05) is 20.3 Å². The number of carbonyl (C=O) groups is 1. The van der Waals surface area contributed by atoms with Gasteiger partial charge in [-0.3, -0.25) is 4.79 Å². The Kier molecular flexibility index (Phi) is 5.86.